The van der Waals surface area contributed by atoms with Gasteiger partial charge >= 0.3 is 0 Å². The van der Waals surface area contributed by atoms with Crippen LogP contribution in [0.2, 0.25) is 0 Å². The van der Waals surface area contributed by atoms with E-state index in [0.717, 1.165) is 6.07 Å². The van der Waals surface area contributed by atoms with Crippen LogP contribution < -0.4 is 5.73 Å². The van der Waals surface area contributed by atoms with Crippen molar-refractivity contribution in [3.8, 4) is 0 Å². The second-order valence-electron chi connectivity index (χ2n) is 3.42. The summed E-state index contributed by atoms with van der Waals surface area (Å²) in [5.74, 6) is -1.23. The highest BCUT2D eigenvalue weighted by Gasteiger charge is 2.16. The molecule has 0 spiro atoms. The Bertz CT molecular complexity index is 547. The van der Waals surface area contributed by atoms with E-state index >= 15 is 0 Å². The summed E-state index contributed by atoms with van der Waals surface area (Å²) in [4.78, 5) is 10.2. The number of carbonyl (C=O) groups is 1. The average Bonchev–Trinajstić information content (AvgIpc) is 2.28. The van der Waals surface area contributed by atoms with E-state index in [4.69, 9.17) is 5.73 Å². The van der Waals surface area contributed by atoms with Crippen LogP contribution in [0.25, 0.3) is 0 Å². The molecule has 0 aliphatic carbocycles. The smallest absolute Gasteiger partial charge is 0.297 e. The van der Waals surface area contributed by atoms with Crippen LogP contribution in [0, 0.1) is 5.82 Å². The van der Waals surface area contributed by atoms with Gasteiger partial charge in [0.05, 0.1) is 16.0 Å². The van der Waals surface area contributed by atoms with Crippen molar-refractivity contribution >= 4 is 32.0 Å². The maximum Gasteiger partial charge on any atom is 0.297 e. The van der Waals surface area contributed by atoms with Crippen molar-refractivity contribution in [3.63, 3.8) is 0 Å². The Kier molecular flexibility index (Phi) is 5.24. The van der Waals surface area contributed by atoms with E-state index in [9.17, 15) is 17.6 Å². The molecule has 0 aliphatic rings. The molecule has 18 heavy (non-hydrogen) atoms. The summed E-state index contributed by atoms with van der Waals surface area (Å²) in [6, 6.07) is 3.35. The minimum atomic E-state index is -4.01. The van der Waals surface area contributed by atoms with Gasteiger partial charge in [0.25, 0.3) is 10.1 Å². The third-order valence-electron chi connectivity index (χ3n) is 1.99. The van der Waals surface area contributed by atoms with Crippen LogP contribution >= 0.6 is 15.9 Å². The second-order valence-corrected chi connectivity index (χ2v) is 5.89. The Balaban J connectivity index is 2.68. The fourth-order valence-corrected chi connectivity index (χ4v) is 2.32. The predicted molar refractivity (Wildman–Crippen MR) is 65.7 cm³/mol. The third-order valence-corrected chi connectivity index (χ3v) is 3.94. The molecule has 1 aromatic carbocycles. The number of halogens is 2. The minimum absolute atomic E-state index is 0.0320. The van der Waals surface area contributed by atoms with E-state index in [-0.39, 0.29) is 28.8 Å². The first-order valence-electron chi connectivity index (χ1n) is 4.96. The number of amides is 1. The molecule has 1 aromatic rings. The van der Waals surface area contributed by atoms with Crippen LogP contribution in [0.1, 0.15) is 12.8 Å². The predicted octanol–water partition coefficient (Wildman–Crippen LogP) is 1.56. The first-order chi connectivity index (χ1) is 8.33. The van der Waals surface area contributed by atoms with E-state index in [1.54, 1.807) is 0 Å². The zero-order valence-corrected chi connectivity index (χ0v) is 11.6. The molecule has 1 rings (SSSR count). The lowest BCUT2D eigenvalue weighted by molar-refractivity contribution is -0.118. The first-order valence-corrected chi connectivity index (χ1v) is 7.16. The summed E-state index contributed by atoms with van der Waals surface area (Å²) < 4.78 is 41.2. The molecule has 0 aromatic heterocycles. The molecule has 5 nitrogen and oxygen atoms in total. The molecule has 0 saturated heterocycles. The van der Waals surface area contributed by atoms with Gasteiger partial charge in [-0.05, 0) is 40.5 Å². The van der Waals surface area contributed by atoms with Crippen LogP contribution in [0.5, 0.6) is 0 Å². The first kappa shape index (κ1) is 15.1. The van der Waals surface area contributed by atoms with Crippen LogP contribution in [-0.2, 0) is 19.1 Å². The molecule has 0 unspecified atom stereocenters. The van der Waals surface area contributed by atoms with E-state index in [0.29, 0.717) is 0 Å². The lowest BCUT2D eigenvalue weighted by Gasteiger charge is -2.05. The van der Waals surface area contributed by atoms with Gasteiger partial charge in [0.15, 0.2) is 0 Å². The van der Waals surface area contributed by atoms with Gasteiger partial charge in [-0.15, -0.1) is 0 Å². The van der Waals surface area contributed by atoms with Gasteiger partial charge in [0.1, 0.15) is 5.82 Å². The number of rotatable bonds is 6. The third kappa shape index (κ3) is 4.35. The lowest BCUT2D eigenvalue weighted by Crippen LogP contribution is -2.13. The molecular formula is C10H11BrFNO4S. The molecular weight excluding hydrogens is 329 g/mol. The molecule has 8 heteroatoms. The van der Waals surface area contributed by atoms with E-state index in [2.05, 4.69) is 20.1 Å². The fraction of sp³-hybridized carbons (Fsp3) is 0.300. The number of nitrogens with two attached hydrogens (primary N) is 1. The number of benzene rings is 1. The van der Waals surface area contributed by atoms with Crippen LogP contribution in [-0.4, -0.2) is 20.9 Å². The molecule has 0 aliphatic heterocycles. The van der Waals surface area contributed by atoms with Crippen molar-refractivity contribution in [1.82, 2.24) is 0 Å². The highest BCUT2D eigenvalue weighted by Crippen LogP contribution is 2.20. The monoisotopic (exact) mass is 339 g/mol. The summed E-state index contributed by atoms with van der Waals surface area (Å²) in [7, 11) is -4.01. The van der Waals surface area contributed by atoms with Gasteiger partial charge in [0, 0.05) is 6.42 Å². The summed E-state index contributed by atoms with van der Waals surface area (Å²) >= 11 is 2.91. The van der Waals surface area contributed by atoms with Crippen molar-refractivity contribution in [1.29, 1.82) is 0 Å². The molecule has 0 atom stereocenters. The summed E-state index contributed by atoms with van der Waals surface area (Å²) in [5, 5.41) is 0. The van der Waals surface area contributed by atoms with Gasteiger partial charge < -0.3 is 5.73 Å². The van der Waals surface area contributed by atoms with E-state index in [1.807, 2.05) is 0 Å². The standard InChI is InChI=1S/C10H11BrFNO4S/c11-8-4-3-7(6-9(8)12)18(15,16)17-5-1-2-10(13)14/h3-4,6H,1-2,5H2,(H2,13,14). The summed E-state index contributed by atoms with van der Waals surface area (Å²) in [5.41, 5.74) is 4.89. The van der Waals surface area contributed by atoms with Crippen molar-refractivity contribution in [2.45, 2.75) is 17.7 Å². The molecule has 0 saturated carbocycles. The topological polar surface area (TPSA) is 86.5 Å². The van der Waals surface area contributed by atoms with Crippen molar-refractivity contribution in [3.05, 3.63) is 28.5 Å². The van der Waals surface area contributed by atoms with Gasteiger partial charge in [-0.2, -0.15) is 8.42 Å². The number of primary amides is 1. The maximum atomic E-state index is 13.2. The van der Waals surface area contributed by atoms with Crippen molar-refractivity contribution in [2.75, 3.05) is 6.61 Å². The highest BCUT2D eigenvalue weighted by molar-refractivity contribution is 9.10. The fourth-order valence-electron chi connectivity index (χ4n) is 1.12. The van der Waals surface area contributed by atoms with Gasteiger partial charge in [-0.3, -0.25) is 8.98 Å². The van der Waals surface area contributed by atoms with Gasteiger partial charge in [-0.25, -0.2) is 4.39 Å². The normalized spacial score (nSPS) is 11.4. The maximum absolute atomic E-state index is 13.2. The van der Waals surface area contributed by atoms with Crippen LogP contribution in [0.4, 0.5) is 4.39 Å². The number of hydrogen-bond donors (Lipinski definition) is 1. The van der Waals surface area contributed by atoms with Crippen LogP contribution in [0.15, 0.2) is 27.6 Å². The van der Waals surface area contributed by atoms with Crippen LogP contribution in [0.3, 0.4) is 0 Å². The zero-order valence-electron chi connectivity index (χ0n) is 9.23. The Morgan fingerprint density at radius 1 is 1.44 bits per heavy atom. The molecule has 0 radical (unpaired) electrons. The molecule has 0 heterocycles. The SMILES string of the molecule is NC(=O)CCCOS(=O)(=O)c1ccc(Br)c(F)c1. The summed E-state index contributed by atoms with van der Waals surface area (Å²) in [6.07, 6.45) is 0.220. The number of carbonyl (C=O) groups excluding carboxylic acids is 1. The number of hydrogen-bond acceptors (Lipinski definition) is 4. The molecule has 100 valence electrons. The largest absolute Gasteiger partial charge is 0.370 e. The highest BCUT2D eigenvalue weighted by atomic mass is 79.9. The van der Waals surface area contributed by atoms with Gasteiger partial charge in [0.2, 0.25) is 5.91 Å². The van der Waals surface area contributed by atoms with Crippen molar-refractivity contribution in [2.24, 2.45) is 5.73 Å². The Morgan fingerprint density at radius 3 is 2.67 bits per heavy atom. The molecule has 0 fully saturated rings. The Hall–Kier alpha value is -0.990. The van der Waals surface area contributed by atoms with E-state index < -0.39 is 21.8 Å². The average molecular weight is 340 g/mol. The molecule has 0 bridgehead atoms. The van der Waals surface area contributed by atoms with E-state index in [1.165, 1.54) is 12.1 Å². The lowest BCUT2D eigenvalue weighted by atomic mass is 10.3. The zero-order chi connectivity index (χ0) is 13.8. The molecule has 1 amide bonds. The van der Waals surface area contributed by atoms with Crippen molar-refractivity contribution < 1.29 is 21.8 Å². The van der Waals surface area contributed by atoms with Gasteiger partial charge in [-0.1, -0.05) is 0 Å². The Morgan fingerprint density at radius 2 is 2.11 bits per heavy atom. The molecule has 2 N–H and O–H groups in total. The summed E-state index contributed by atoms with van der Waals surface area (Å²) in [6.45, 7) is -0.178. The second kappa shape index (κ2) is 6.26. The quantitative estimate of drug-likeness (QED) is 0.629. The Labute approximate surface area is 112 Å². The minimum Gasteiger partial charge on any atom is -0.370 e.